The molecule has 0 spiro atoms. The van der Waals surface area contributed by atoms with Gasteiger partial charge in [-0.2, -0.15) is 0 Å². The summed E-state index contributed by atoms with van der Waals surface area (Å²) in [6, 6.07) is 8.97. The van der Waals surface area contributed by atoms with Gasteiger partial charge in [0.15, 0.2) is 0 Å². The Kier molecular flexibility index (Phi) is 2.60. The minimum atomic E-state index is -0.0753. The maximum absolute atomic E-state index is 12.0. The molecular formula is C12H10ClNO. The van der Waals surface area contributed by atoms with Gasteiger partial charge in [0.25, 0.3) is 0 Å². The Morgan fingerprint density at radius 1 is 1.27 bits per heavy atom. The number of benzene rings is 1. The largest absolute Gasteiger partial charge is 0.359 e. The van der Waals surface area contributed by atoms with E-state index in [0.29, 0.717) is 16.3 Å². The zero-order valence-corrected chi connectivity index (χ0v) is 9.01. The van der Waals surface area contributed by atoms with Gasteiger partial charge in [-0.1, -0.05) is 23.7 Å². The molecular weight excluding hydrogens is 210 g/mol. The third-order valence-electron chi connectivity index (χ3n) is 2.28. The lowest BCUT2D eigenvalue weighted by Gasteiger charge is -2.04. The van der Waals surface area contributed by atoms with Crippen LogP contribution in [-0.2, 0) is 0 Å². The van der Waals surface area contributed by atoms with E-state index in [0.717, 1.165) is 5.56 Å². The van der Waals surface area contributed by atoms with Crippen molar-refractivity contribution in [3.8, 4) is 0 Å². The molecule has 0 aliphatic rings. The van der Waals surface area contributed by atoms with Crippen molar-refractivity contribution in [3.05, 3.63) is 58.4 Å². The van der Waals surface area contributed by atoms with Gasteiger partial charge in [0.2, 0.25) is 5.78 Å². The van der Waals surface area contributed by atoms with Crippen LogP contribution in [0.15, 0.2) is 36.5 Å². The van der Waals surface area contributed by atoms with Crippen LogP contribution >= 0.6 is 11.6 Å². The predicted molar refractivity (Wildman–Crippen MR) is 60.4 cm³/mol. The molecule has 1 N–H and O–H groups in total. The van der Waals surface area contributed by atoms with E-state index in [2.05, 4.69) is 4.98 Å². The summed E-state index contributed by atoms with van der Waals surface area (Å²) < 4.78 is 0. The van der Waals surface area contributed by atoms with Crippen molar-refractivity contribution in [2.75, 3.05) is 0 Å². The monoisotopic (exact) mass is 219 g/mol. The summed E-state index contributed by atoms with van der Waals surface area (Å²) in [5.41, 5.74) is 2.01. The molecule has 2 aromatic rings. The van der Waals surface area contributed by atoms with Crippen molar-refractivity contribution in [2.45, 2.75) is 6.92 Å². The van der Waals surface area contributed by atoms with E-state index >= 15 is 0 Å². The topological polar surface area (TPSA) is 32.9 Å². The normalized spacial score (nSPS) is 10.3. The lowest BCUT2D eigenvalue weighted by Crippen LogP contribution is -2.03. The van der Waals surface area contributed by atoms with Crippen LogP contribution in [-0.4, -0.2) is 10.8 Å². The van der Waals surface area contributed by atoms with E-state index in [1.807, 2.05) is 19.1 Å². The Morgan fingerprint density at radius 2 is 2.07 bits per heavy atom. The lowest BCUT2D eigenvalue weighted by molar-refractivity contribution is 0.103. The molecule has 0 aliphatic carbocycles. The first kappa shape index (κ1) is 9.99. The highest BCUT2D eigenvalue weighted by Gasteiger charge is 2.13. The third kappa shape index (κ3) is 1.81. The molecule has 0 fully saturated rings. The van der Waals surface area contributed by atoms with Crippen LogP contribution in [0.2, 0.25) is 5.02 Å². The highest BCUT2D eigenvalue weighted by Crippen LogP contribution is 2.22. The van der Waals surface area contributed by atoms with Crippen molar-refractivity contribution < 1.29 is 4.79 Å². The molecule has 0 saturated carbocycles. The molecule has 1 aromatic carbocycles. The summed E-state index contributed by atoms with van der Waals surface area (Å²) in [5, 5.41) is 0.525. The molecule has 15 heavy (non-hydrogen) atoms. The number of carbonyl (C=O) groups excluding carboxylic acids is 1. The Hall–Kier alpha value is -1.54. The summed E-state index contributed by atoms with van der Waals surface area (Å²) in [5.74, 6) is -0.0753. The third-order valence-corrected chi connectivity index (χ3v) is 2.78. The van der Waals surface area contributed by atoms with Gasteiger partial charge in [-0.25, -0.2) is 0 Å². The number of rotatable bonds is 2. The maximum atomic E-state index is 12.0. The zero-order valence-electron chi connectivity index (χ0n) is 8.25. The Labute approximate surface area is 92.9 Å². The first-order valence-corrected chi connectivity index (χ1v) is 5.01. The number of halogens is 1. The molecule has 0 amide bonds. The van der Waals surface area contributed by atoms with Gasteiger partial charge in [-0.05, 0) is 30.7 Å². The number of aromatic amines is 1. The van der Waals surface area contributed by atoms with Gasteiger partial charge in [-0.15, -0.1) is 0 Å². The van der Waals surface area contributed by atoms with Crippen molar-refractivity contribution in [2.24, 2.45) is 0 Å². The van der Waals surface area contributed by atoms with Crippen molar-refractivity contribution in [1.82, 2.24) is 4.98 Å². The molecule has 3 heteroatoms. The summed E-state index contributed by atoms with van der Waals surface area (Å²) in [7, 11) is 0. The van der Waals surface area contributed by atoms with Crippen LogP contribution in [0, 0.1) is 6.92 Å². The fourth-order valence-electron chi connectivity index (χ4n) is 1.44. The van der Waals surface area contributed by atoms with Gasteiger partial charge in [0.1, 0.15) is 0 Å². The minimum Gasteiger partial charge on any atom is -0.359 e. The number of aryl methyl sites for hydroxylation is 1. The number of nitrogens with one attached hydrogen (secondary N) is 1. The van der Waals surface area contributed by atoms with E-state index in [1.54, 1.807) is 24.4 Å². The molecule has 0 saturated heterocycles. The summed E-state index contributed by atoms with van der Waals surface area (Å²) >= 11 is 6.07. The number of ketones is 1. The van der Waals surface area contributed by atoms with Crippen molar-refractivity contribution in [3.63, 3.8) is 0 Å². The van der Waals surface area contributed by atoms with Crippen LogP contribution in [0.5, 0.6) is 0 Å². The van der Waals surface area contributed by atoms with Crippen LogP contribution < -0.4 is 0 Å². The van der Waals surface area contributed by atoms with E-state index in [-0.39, 0.29) is 5.78 Å². The van der Waals surface area contributed by atoms with Gasteiger partial charge in [0.05, 0.1) is 10.7 Å². The van der Waals surface area contributed by atoms with E-state index in [9.17, 15) is 4.79 Å². The maximum Gasteiger partial charge on any atom is 0.210 e. The Bertz CT molecular complexity index is 488. The smallest absolute Gasteiger partial charge is 0.210 e. The van der Waals surface area contributed by atoms with Crippen molar-refractivity contribution >= 4 is 17.4 Å². The van der Waals surface area contributed by atoms with E-state index < -0.39 is 0 Å². The number of hydrogen-bond acceptors (Lipinski definition) is 1. The Morgan fingerprint density at radius 3 is 2.73 bits per heavy atom. The second-order valence-electron chi connectivity index (χ2n) is 3.35. The minimum absolute atomic E-state index is 0.0753. The summed E-state index contributed by atoms with van der Waals surface area (Å²) in [6.45, 7) is 1.88. The molecule has 0 bridgehead atoms. The fraction of sp³-hybridized carbons (Fsp3) is 0.0833. The first-order chi connectivity index (χ1) is 7.20. The quantitative estimate of drug-likeness (QED) is 0.773. The van der Waals surface area contributed by atoms with Crippen molar-refractivity contribution in [1.29, 1.82) is 0 Å². The second kappa shape index (κ2) is 3.91. The number of aromatic nitrogens is 1. The van der Waals surface area contributed by atoms with Gasteiger partial charge in [0, 0.05) is 11.8 Å². The molecule has 0 aliphatic heterocycles. The average molecular weight is 220 g/mol. The number of carbonyl (C=O) groups is 1. The molecule has 1 heterocycles. The average Bonchev–Trinajstić information content (AvgIpc) is 2.74. The molecule has 2 rings (SSSR count). The summed E-state index contributed by atoms with van der Waals surface area (Å²) in [4.78, 5) is 14.8. The molecule has 1 aromatic heterocycles. The lowest BCUT2D eigenvalue weighted by atomic mass is 10.1. The fourth-order valence-corrected chi connectivity index (χ4v) is 1.65. The first-order valence-electron chi connectivity index (χ1n) is 4.63. The Balaban J connectivity index is 2.47. The zero-order chi connectivity index (χ0) is 10.8. The van der Waals surface area contributed by atoms with E-state index in [4.69, 9.17) is 11.6 Å². The predicted octanol–water partition coefficient (Wildman–Crippen LogP) is 3.21. The van der Waals surface area contributed by atoms with Crippen LogP contribution in [0.4, 0.5) is 0 Å². The van der Waals surface area contributed by atoms with Gasteiger partial charge in [-0.3, -0.25) is 4.79 Å². The standard InChI is InChI=1S/C12H10ClNO/c1-8-4-2-5-9(11(8)13)12(15)10-6-3-7-14-10/h2-7,14H,1H3. The molecule has 0 unspecified atom stereocenters. The highest BCUT2D eigenvalue weighted by atomic mass is 35.5. The van der Waals surface area contributed by atoms with Gasteiger partial charge >= 0.3 is 0 Å². The molecule has 76 valence electrons. The number of hydrogen-bond donors (Lipinski definition) is 1. The summed E-state index contributed by atoms with van der Waals surface area (Å²) in [6.07, 6.45) is 1.72. The second-order valence-corrected chi connectivity index (χ2v) is 3.73. The van der Waals surface area contributed by atoms with Crippen LogP contribution in [0.25, 0.3) is 0 Å². The molecule has 0 atom stereocenters. The molecule has 2 nitrogen and oxygen atoms in total. The number of H-pyrrole nitrogens is 1. The van der Waals surface area contributed by atoms with Gasteiger partial charge < -0.3 is 4.98 Å². The SMILES string of the molecule is Cc1cccc(C(=O)c2ccc[nH]2)c1Cl. The van der Waals surface area contributed by atoms with Crippen LogP contribution in [0.3, 0.4) is 0 Å². The highest BCUT2D eigenvalue weighted by molar-refractivity contribution is 6.35. The van der Waals surface area contributed by atoms with E-state index in [1.165, 1.54) is 0 Å². The molecule has 0 radical (unpaired) electrons. The van der Waals surface area contributed by atoms with Crippen LogP contribution in [0.1, 0.15) is 21.6 Å².